The number of hydrogen-bond acceptors (Lipinski definition) is 2. The van der Waals surface area contributed by atoms with Gasteiger partial charge in [-0.1, -0.05) is 17.7 Å². The van der Waals surface area contributed by atoms with E-state index in [2.05, 4.69) is 11.9 Å². The van der Waals surface area contributed by atoms with Gasteiger partial charge in [0.05, 0.1) is 10.6 Å². The molecular formula is C15H18ClFN2O. The fourth-order valence-corrected chi connectivity index (χ4v) is 3.58. The van der Waals surface area contributed by atoms with Crippen molar-refractivity contribution in [1.82, 2.24) is 9.80 Å². The summed E-state index contributed by atoms with van der Waals surface area (Å²) >= 11 is 6.12. The zero-order valence-corrected chi connectivity index (χ0v) is 12.5. The number of carbonyl (C=O) groups excluding carboxylic acids is 1. The van der Waals surface area contributed by atoms with Gasteiger partial charge in [0.15, 0.2) is 0 Å². The smallest absolute Gasteiger partial charge is 0.258 e. The van der Waals surface area contributed by atoms with E-state index in [1.165, 1.54) is 6.07 Å². The third-order valence-corrected chi connectivity index (χ3v) is 5.10. The predicted molar refractivity (Wildman–Crippen MR) is 76.6 cm³/mol. The SMILES string of the molecule is Cc1ccc(F)c(C(=O)N2CC3CCN(C)C3C2)c1Cl. The zero-order chi connectivity index (χ0) is 14.4. The Balaban J connectivity index is 1.86. The second-order valence-corrected chi connectivity index (χ2v) is 6.24. The minimum absolute atomic E-state index is 0.0225. The Morgan fingerprint density at radius 2 is 2.15 bits per heavy atom. The first-order valence-electron chi connectivity index (χ1n) is 6.93. The van der Waals surface area contributed by atoms with Crippen molar-refractivity contribution in [2.24, 2.45) is 5.92 Å². The van der Waals surface area contributed by atoms with Crippen LogP contribution in [0, 0.1) is 18.7 Å². The first-order valence-corrected chi connectivity index (χ1v) is 7.31. The van der Waals surface area contributed by atoms with Gasteiger partial charge < -0.3 is 9.80 Å². The van der Waals surface area contributed by atoms with Crippen molar-refractivity contribution in [3.8, 4) is 0 Å². The lowest BCUT2D eigenvalue weighted by atomic mass is 10.1. The van der Waals surface area contributed by atoms with E-state index in [1.807, 2.05) is 0 Å². The van der Waals surface area contributed by atoms with E-state index in [0.29, 0.717) is 25.0 Å². The van der Waals surface area contributed by atoms with Crippen LogP contribution >= 0.6 is 11.6 Å². The van der Waals surface area contributed by atoms with Crippen LogP contribution in [0.2, 0.25) is 5.02 Å². The van der Waals surface area contributed by atoms with Gasteiger partial charge in [-0.05, 0) is 44.5 Å². The number of nitrogens with zero attached hydrogens (tertiary/aromatic N) is 2. The van der Waals surface area contributed by atoms with Crippen LogP contribution in [0.5, 0.6) is 0 Å². The van der Waals surface area contributed by atoms with E-state index in [-0.39, 0.29) is 16.5 Å². The fraction of sp³-hybridized carbons (Fsp3) is 0.533. The molecule has 1 aromatic rings. The topological polar surface area (TPSA) is 23.6 Å². The van der Waals surface area contributed by atoms with Crippen LogP contribution in [0.15, 0.2) is 12.1 Å². The number of halogens is 2. The van der Waals surface area contributed by atoms with Crippen molar-refractivity contribution in [2.45, 2.75) is 19.4 Å². The quantitative estimate of drug-likeness (QED) is 0.795. The number of hydrogen-bond donors (Lipinski definition) is 0. The summed E-state index contributed by atoms with van der Waals surface area (Å²) in [5, 5.41) is 0.236. The Labute approximate surface area is 123 Å². The fourth-order valence-electron chi connectivity index (χ4n) is 3.35. The molecule has 3 nitrogen and oxygen atoms in total. The summed E-state index contributed by atoms with van der Waals surface area (Å²) in [6, 6.07) is 3.32. The molecule has 2 aliphatic heterocycles. The predicted octanol–water partition coefficient (Wildman–Crippen LogP) is 2.56. The Morgan fingerprint density at radius 3 is 2.85 bits per heavy atom. The first kappa shape index (κ1) is 13.8. The van der Waals surface area contributed by atoms with Crippen LogP contribution in [0.25, 0.3) is 0 Å². The summed E-state index contributed by atoms with van der Waals surface area (Å²) in [5.41, 5.74) is 0.752. The number of benzene rings is 1. The molecule has 20 heavy (non-hydrogen) atoms. The van der Waals surface area contributed by atoms with Gasteiger partial charge >= 0.3 is 0 Å². The van der Waals surface area contributed by atoms with E-state index in [4.69, 9.17) is 11.6 Å². The lowest BCUT2D eigenvalue weighted by molar-refractivity contribution is 0.0770. The van der Waals surface area contributed by atoms with E-state index in [9.17, 15) is 9.18 Å². The van der Waals surface area contributed by atoms with Crippen molar-refractivity contribution in [3.05, 3.63) is 34.1 Å². The molecule has 0 spiro atoms. The molecule has 2 unspecified atom stereocenters. The molecule has 0 radical (unpaired) electrons. The lowest BCUT2D eigenvalue weighted by Gasteiger charge is -2.21. The minimum Gasteiger partial charge on any atom is -0.337 e. The second kappa shape index (κ2) is 5.01. The molecule has 1 amide bonds. The van der Waals surface area contributed by atoms with Crippen LogP contribution in [0.1, 0.15) is 22.3 Å². The van der Waals surface area contributed by atoms with Gasteiger partial charge in [-0.2, -0.15) is 0 Å². The van der Waals surface area contributed by atoms with Crippen molar-refractivity contribution in [1.29, 1.82) is 0 Å². The summed E-state index contributed by atoms with van der Waals surface area (Å²) < 4.78 is 14.0. The molecule has 2 fully saturated rings. The minimum atomic E-state index is -0.531. The number of likely N-dealkylation sites (N-methyl/N-ethyl adjacent to an activating group) is 1. The number of carbonyl (C=O) groups is 1. The highest BCUT2D eigenvalue weighted by molar-refractivity contribution is 6.34. The van der Waals surface area contributed by atoms with Gasteiger partial charge in [0.2, 0.25) is 0 Å². The molecule has 0 aliphatic carbocycles. The molecule has 2 heterocycles. The summed E-state index contributed by atoms with van der Waals surface area (Å²) in [4.78, 5) is 16.6. The summed E-state index contributed by atoms with van der Waals surface area (Å²) in [6.07, 6.45) is 1.11. The monoisotopic (exact) mass is 296 g/mol. The van der Waals surface area contributed by atoms with Gasteiger partial charge in [-0.15, -0.1) is 0 Å². The van der Waals surface area contributed by atoms with Crippen molar-refractivity contribution >= 4 is 17.5 Å². The molecule has 0 saturated carbocycles. The molecule has 0 bridgehead atoms. The average molecular weight is 297 g/mol. The molecule has 2 saturated heterocycles. The van der Waals surface area contributed by atoms with Crippen LogP contribution in [0.3, 0.4) is 0 Å². The van der Waals surface area contributed by atoms with Crippen molar-refractivity contribution in [3.63, 3.8) is 0 Å². The largest absolute Gasteiger partial charge is 0.337 e. The first-order chi connectivity index (χ1) is 9.49. The molecule has 2 aliphatic rings. The Kier molecular flexibility index (Phi) is 3.46. The second-order valence-electron chi connectivity index (χ2n) is 5.86. The number of amides is 1. The van der Waals surface area contributed by atoms with Gasteiger partial charge in [-0.25, -0.2) is 4.39 Å². The van der Waals surface area contributed by atoms with Crippen LogP contribution in [-0.2, 0) is 0 Å². The van der Waals surface area contributed by atoms with Crippen molar-refractivity contribution in [2.75, 3.05) is 26.7 Å². The molecule has 5 heteroatoms. The maximum absolute atomic E-state index is 14.0. The Bertz CT molecular complexity index is 563. The van der Waals surface area contributed by atoms with Crippen LogP contribution in [0.4, 0.5) is 4.39 Å². The number of rotatable bonds is 1. The van der Waals surface area contributed by atoms with E-state index in [0.717, 1.165) is 18.5 Å². The van der Waals surface area contributed by atoms with E-state index < -0.39 is 5.82 Å². The normalized spacial score (nSPS) is 26.1. The molecule has 3 rings (SSSR count). The van der Waals surface area contributed by atoms with Gasteiger partial charge in [0, 0.05) is 19.1 Å². The highest BCUT2D eigenvalue weighted by atomic mass is 35.5. The third-order valence-electron chi connectivity index (χ3n) is 4.61. The van der Waals surface area contributed by atoms with E-state index in [1.54, 1.807) is 17.9 Å². The standard InChI is InChI=1S/C15H18ClFN2O/c1-9-3-4-11(17)13(14(9)16)15(20)19-7-10-5-6-18(2)12(10)8-19/h3-4,10,12H,5-8H2,1-2H3. The maximum atomic E-state index is 14.0. The Hall–Kier alpha value is -1.13. The highest BCUT2D eigenvalue weighted by Crippen LogP contribution is 2.32. The van der Waals surface area contributed by atoms with Gasteiger partial charge in [0.25, 0.3) is 5.91 Å². The summed E-state index contributed by atoms with van der Waals surface area (Å²) in [5.74, 6) is -0.300. The number of fused-ring (bicyclic) bond motifs is 1. The number of likely N-dealkylation sites (tertiary alicyclic amines) is 2. The average Bonchev–Trinajstić information content (AvgIpc) is 2.97. The van der Waals surface area contributed by atoms with Crippen LogP contribution < -0.4 is 0 Å². The molecule has 108 valence electrons. The molecule has 0 aromatic heterocycles. The van der Waals surface area contributed by atoms with E-state index >= 15 is 0 Å². The summed E-state index contributed by atoms with van der Waals surface area (Å²) in [6.45, 7) is 4.24. The lowest BCUT2D eigenvalue weighted by Crippen LogP contribution is -2.35. The van der Waals surface area contributed by atoms with Crippen molar-refractivity contribution < 1.29 is 9.18 Å². The molecule has 0 N–H and O–H groups in total. The molecular weight excluding hydrogens is 279 g/mol. The molecule has 2 atom stereocenters. The third kappa shape index (κ3) is 2.11. The highest BCUT2D eigenvalue weighted by Gasteiger charge is 2.42. The van der Waals surface area contributed by atoms with Crippen LogP contribution in [-0.4, -0.2) is 48.4 Å². The van der Waals surface area contributed by atoms with Gasteiger partial charge in [0.1, 0.15) is 5.82 Å². The molecule has 1 aromatic carbocycles. The van der Waals surface area contributed by atoms with Gasteiger partial charge in [-0.3, -0.25) is 4.79 Å². The number of aryl methyl sites for hydroxylation is 1. The zero-order valence-electron chi connectivity index (χ0n) is 11.7. The summed E-state index contributed by atoms with van der Waals surface area (Å²) in [7, 11) is 2.08. The maximum Gasteiger partial charge on any atom is 0.258 e. The Morgan fingerprint density at radius 1 is 1.40 bits per heavy atom.